The molecule has 1 atom stereocenters. The lowest BCUT2D eigenvalue weighted by Gasteiger charge is -2.17. The van der Waals surface area contributed by atoms with Gasteiger partial charge >= 0.3 is 0 Å². The van der Waals surface area contributed by atoms with Crippen LogP contribution in [0.15, 0.2) is 54.7 Å². The van der Waals surface area contributed by atoms with E-state index in [0.29, 0.717) is 35.1 Å². The van der Waals surface area contributed by atoms with E-state index in [-0.39, 0.29) is 5.91 Å². The van der Waals surface area contributed by atoms with Crippen molar-refractivity contribution >= 4 is 22.5 Å². The molecular weight excluding hydrogens is 344 g/mol. The number of carbonyl (C=O) groups excluding carboxylic acids is 1. The van der Waals surface area contributed by atoms with Gasteiger partial charge in [0.2, 0.25) is 0 Å². The van der Waals surface area contributed by atoms with Gasteiger partial charge in [0.1, 0.15) is 11.3 Å². The molecule has 6 nitrogen and oxygen atoms in total. The molecule has 0 saturated carbocycles. The molecule has 6 heteroatoms. The van der Waals surface area contributed by atoms with E-state index in [1.165, 1.54) is 0 Å². The Labute approximate surface area is 158 Å². The van der Waals surface area contributed by atoms with E-state index in [1.54, 1.807) is 38.4 Å². The number of fused-ring (bicyclic) bond motifs is 1. The molecule has 1 aromatic heterocycles. The Morgan fingerprint density at radius 1 is 1.07 bits per heavy atom. The van der Waals surface area contributed by atoms with Crippen molar-refractivity contribution in [1.82, 2.24) is 4.98 Å². The van der Waals surface area contributed by atoms with E-state index in [9.17, 15) is 4.79 Å². The number of benzene rings is 2. The molecule has 0 saturated heterocycles. The van der Waals surface area contributed by atoms with Gasteiger partial charge in [-0.1, -0.05) is 12.1 Å². The second-order valence-electron chi connectivity index (χ2n) is 5.84. The van der Waals surface area contributed by atoms with Crippen LogP contribution in [0.2, 0.25) is 0 Å². The number of hydrogen-bond acceptors (Lipinski definition) is 5. The summed E-state index contributed by atoms with van der Waals surface area (Å²) < 4.78 is 16.6. The van der Waals surface area contributed by atoms with Crippen molar-refractivity contribution in [1.29, 1.82) is 0 Å². The standard InChI is InChI=1S/C21H22N2O4/c1-4-26-19-12-11-16(15-8-7-13-22-20(15)19)23-21(24)14(2)27-18-10-6-5-9-17(18)25-3/h5-14H,4H2,1-3H3,(H,23,24)/t14-/m1/s1. The van der Waals surface area contributed by atoms with Gasteiger partial charge in [-0.25, -0.2) is 0 Å². The van der Waals surface area contributed by atoms with Gasteiger partial charge in [-0.05, 0) is 50.2 Å². The van der Waals surface area contributed by atoms with Gasteiger partial charge in [-0.3, -0.25) is 9.78 Å². The highest BCUT2D eigenvalue weighted by molar-refractivity contribution is 6.04. The molecule has 140 valence electrons. The molecule has 0 aliphatic carbocycles. The molecule has 3 rings (SSSR count). The first-order valence-electron chi connectivity index (χ1n) is 8.75. The van der Waals surface area contributed by atoms with Crippen LogP contribution in [0.25, 0.3) is 10.9 Å². The summed E-state index contributed by atoms with van der Waals surface area (Å²) in [7, 11) is 1.56. The fraction of sp³-hybridized carbons (Fsp3) is 0.238. The zero-order valence-corrected chi connectivity index (χ0v) is 15.6. The van der Waals surface area contributed by atoms with E-state index in [2.05, 4.69) is 10.3 Å². The van der Waals surface area contributed by atoms with Crippen LogP contribution in [0, 0.1) is 0 Å². The number of aromatic nitrogens is 1. The number of carbonyl (C=O) groups is 1. The molecule has 1 amide bonds. The molecule has 0 bridgehead atoms. The van der Waals surface area contributed by atoms with Crippen LogP contribution in [0.3, 0.4) is 0 Å². The van der Waals surface area contributed by atoms with E-state index < -0.39 is 6.10 Å². The fourth-order valence-corrected chi connectivity index (χ4v) is 2.72. The van der Waals surface area contributed by atoms with E-state index in [4.69, 9.17) is 14.2 Å². The number of nitrogens with one attached hydrogen (secondary N) is 1. The number of ether oxygens (including phenoxy) is 3. The first kappa shape index (κ1) is 18.5. The third-order valence-electron chi connectivity index (χ3n) is 4.03. The number of amides is 1. The van der Waals surface area contributed by atoms with Crippen molar-refractivity contribution < 1.29 is 19.0 Å². The highest BCUT2D eigenvalue weighted by Gasteiger charge is 2.18. The van der Waals surface area contributed by atoms with Gasteiger partial charge in [0.15, 0.2) is 17.6 Å². The maximum absolute atomic E-state index is 12.6. The number of anilines is 1. The molecule has 27 heavy (non-hydrogen) atoms. The van der Waals surface area contributed by atoms with Crippen molar-refractivity contribution in [3.8, 4) is 17.2 Å². The molecule has 0 unspecified atom stereocenters. The van der Waals surface area contributed by atoms with Crippen LogP contribution in [0.5, 0.6) is 17.2 Å². The number of pyridine rings is 1. The van der Waals surface area contributed by atoms with Crippen LogP contribution in [0.1, 0.15) is 13.8 Å². The zero-order chi connectivity index (χ0) is 19.2. The summed E-state index contributed by atoms with van der Waals surface area (Å²) in [5.41, 5.74) is 1.36. The molecule has 3 aromatic rings. The van der Waals surface area contributed by atoms with Gasteiger partial charge in [-0.15, -0.1) is 0 Å². The average Bonchev–Trinajstić information content (AvgIpc) is 2.70. The van der Waals surface area contributed by atoms with E-state index >= 15 is 0 Å². The van der Waals surface area contributed by atoms with Gasteiger partial charge in [0.05, 0.1) is 19.4 Å². The van der Waals surface area contributed by atoms with Gasteiger partial charge in [-0.2, -0.15) is 0 Å². The topological polar surface area (TPSA) is 69.7 Å². The molecule has 2 aromatic carbocycles. The summed E-state index contributed by atoms with van der Waals surface area (Å²) in [6.45, 7) is 4.15. The van der Waals surface area contributed by atoms with Gasteiger partial charge < -0.3 is 19.5 Å². The Hall–Kier alpha value is -3.28. The van der Waals surface area contributed by atoms with Crippen molar-refractivity contribution in [2.24, 2.45) is 0 Å². The summed E-state index contributed by atoms with van der Waals surface area (Å²) in [5.74, 6) is 1.51. The van der Waals surface area contributed by atoms with E-state index in [0.717, 1.165) is 5.39 Å². The zero-order valence-electron chi connectivity index (χ0n) is 15.6. The summed E-state index contributed by atoms with van der Waals surface area (Å²) in [5, 5.41) is 3.72. The Morgan fingerprint density at radius 2 is 1.85 bits per heavy atom. The van der Waals surface area contributed by atoms with Gasteiger partial charge in [0.25, 0.3) is 5.91 Å². The summed E-state index contributed by atoms with van der Waals surface area (Å²) >= 11 is 0. The summed E-state index contributed by atoms with van der Waals surface area (Å²) in [6, 6.07) is 14.5. The Morgan fingerprint density at radius 3 is 2.59 bits per heavy atom. The lowest BCUT2D eigenvalue weighted by Crippen LogP contribution is -2.30. The molecule has 0 spiro atoms. The molecule has 0 aliphatic heterocycles. The lowest BCUT2D eigenvalue weighted by molar-refractivity contribution is -0.122. The minimum Gasteiger partial charge on any atom is -0.493 e. The minimum atomic E-state index is -0.709. The third-order valence-corrected chi connectivity index (χ3v) is 4.03. The second kappa shape index (κ2) is 8.40. The fourth-order valence-electron chi connectivity index (χ4n) is 2.72. The SMILES string of the molecule is CCOc1ccc(NC(=O)[C@@H](C)Oc2ccccc2OC)c2cccnc12. The van der Waals surface area contributed by atoms with Crippen LogP contribution >= 0.6 is 0 Å². The van der Waals surface area contributed by atoms with Crippen LogP contribution in [-0.2, 0) is 4.79 Å². The number of rotatable bonds is 7. The van der Waals surface area contributed by atoms with Crippen molar-refractivity contribution in [2.45, 2.75) is 20.0 Å². The summed E-state index contributed by atoms with van der Waals surface area (Å²) in [6.07, 6.45) is 0.990. The van der Waals surface area contributed by atoms with Crippen LogP contribution in [0.4, 0.5) is 5.69 Å². The Balaban J connectivity index is 1.80. The maximum atomic E-state index is 12.6. The number of hydrogen-bond donors (Lipinski definition) is 1. The molecule has 1 heterocycles. The minimum absolute atomic E-state index is 0.268. The first-order valence-corrected chi connectivity index (χ1v) is 8.75. The maximum Gasteiger partial charge on any atom is 0.265 e. The quantitative estimate of drug-likeness (QED) is 0.683. The average molecular weight is 366 g/mol. The number of para-hydroxylation sites is 2. The highest BCUT2D eigenvalue weighted by atomic mass is 16.5. The predicted octanol–water partition coefficient (Wildman–Crippen LogP) is 4.05. The first-order chi connectivity index (χ1) is 13.1. The van der Waals surface area contributed by atoms with Gasteiger partial charge in [0, 0.05) is 11.6 Å². The Bertz CT molecular complexity index is 942. The summed E-state index contributed by atoms with van der Waals surface area (Å²) in [4.78, 5) is 17.0. The number of methoxy groups -OCH3 is 1. The van der Waals surface area contributed by atoms with E-state index in [1.807, 2.05) is 37.3 Å². The molecular formula is C21H22N2O4. The molecule has 1 N–H and O–H groups in total. The number of nitrogens with zero attached hydrogens (tertiary/aromatic N) is 1. The van der Waals surface area contributed by atoms with Crippen molar-refractivity contribution in [3.63, 3.8) is 0 Å². The largest absolute Gasteiger partial charge is 0.493 e. The normalized spacial score (nSPS) is 11.7. The second-order valence-corrected chi connectivity index (χ2v) is 5.84. The monoisotopic (exact) mass is 366 g/mol. The van der Waals surface area contributed by atoms with Crippen molar-refractivity contribution in [3.05, 3.63) is 54.7 Å². The molecule has 0 aliphatic rings. The Kier molecular flexibility index (Phi) is 5.76. The molecule has 0 fully saturated rings. The molecule has 0 radical (unpaired) electrons. The van der Waals surface area contributed by atoms with Crippen LogP contribution in [-0.4, -0.2) is 30.7 Å². The smallest absolute Gasteiger partial charge is 0.265 e. The predicted molar refractivity (Wildman–Crippen MR) is 105 cm³/mol. The van der Waals surface area contributed by atoms with Crippen molar-refractivity contribution in [2.75, 3.05) is 19.0 Å². The highest BCUT2D eigenvalue weighted by Crippen LogP contribution is 2.31. The van der Waals surface area contributed by atoms with Crippen LogP contribution < -0.4 is 19.5 Å². The third kappa shape index (κ3) is 4.11. The lowest BCUT2D eigenvalue weighted by atomic mass is 10.1.